The topological polar surface area (TPSA) is 87.5 Å². The van der Waals surface area contributed by atoms with E-state index in [0.29, 0.717) is 6.54 Å². The average molecular weight is 433 g/mol. The van der Waals surface area contributed by atoms with E-state index in [1.54, 1.807) is 6.07 Å². The third kappa shape index (κ3) is 4.12. The number of carbonyl (C=O) groups is 1. The van der Waals surface area contributed by atoms with E-state index in [9.17, 15) is 13.4 Å². The lowest BCUT2D eigenvalue weighted by Crippen LogP contribution is -2.45. The Balaban J connectivity index is 1.54. The Hall–Kier alpha value is -2.29. The third-order valence-corrected chi connectivity index (χ3v) is 7.46. The Morgan fingerprint density at radius 3 is 2.30 bits per heavy atom. The highest BCUT2D eigenvalue weighted by Gasteiger charge is 2.26. The zero-order valence-corrected chi connectivity index (χ0v) is 18.3. The molecular formula is C22H29FN4O2S. The summed E-state index contributed by atoms with van der Waals surface area (Å²) in [6.07, 6.45) is 5.99. The summed E-state index contributed by atoms with van der Waals surface area (Å²) < 4.78 is 29.9. The number of nitrogens with two attached hydrogens (primary N) is 1. The van der Waals surface area contributed by atoms with Gasteiger partial charge in [0.15, 0.2) is 0 Å². The molecule has 4 rings (SSSR count). The molecule has 0 saturated heterocycles. The molecular weight excluding hydrogens is 403 g/mol. The number of hydrogen-bond acceptors (Lipinski definition) is 3. The second-order valence-electron chi connectivity index (χ2n) is 8.48. The van der Waals surface area contributed by atoms with E-state index in [1.165, 1.54) is 23.3 Å². The second-order valence-corrected chi connectivity index (χ2v) is 10.5. The van der Waals surface area contributed by atoms with Crippen LogP contribution in [0.4, 0.5) is 14.9 Å². The number of fused-ring (bicyclic) bond motifs is 2. The molecule has 0 unspecified atom stereocenters. The summed E-state index contributed by atoms with van der Waals surface area (Å²) in [5.74, 6) is -0.679. The Labute approximate surface area is 177 Å². The number of benzene rings is 2. The fourth-order valence-electron chi connectivity index (χ4n) is 4.60. The van der Waals surface area contributed by atoms with Crippen molar-refractivity contribution in [1.29, 1.82) is 0 Å². The standard InChI is InChI=1S/C22H29FN4O2S/c1-27(2)13-14-9-10-20(19(23)11-14)30(24,29)26-22(28)25-21-17-7-3-5-15(17)12-16-6-4-8-18(16)21/h9-12,30H,3-8,13H2,1-2H3,(H4,24,25,26,28,29). The van der Waals surface area contributed by atoms with Crippen molar-refractivity contribution < 1.29 is 13.4 Å². The molecule has 0 radical (unpaired) electrons. The molecule has 30 heavy (non-hydrogen) atoms. The Bertz CT molecular complexity index is 1020. The quantitative estimate of drug-likeness (QED) is 0.548. The highest BCUT2D eigenvalue weighted by molar-refractivity contribution is 7.99. The SMILES string of the molecule is CN(C)Cc1ccc([SH](N)(=O)NC(=O)Nc2c3c(cc4c2CCC4)CCC3)c(F)c1. The fraction of sp³-hybridized carbons (Fsp3) is 0.409. The molecule has 0 bridgehead atoms. The van der Waals surface area contributed by atoms with Crippen molar-refractivity contribution in [3.8, 4) is 0 Å². The van der Waals surface area contributed by atoms with Crippen LogP contribution in [0.25, 0.3) is 0 Å². The summed E-state index contributed by atoms with van der Waals surface area (Å²) in [6.45, 7) is 0.546. The van der Waals surface area contributed by atoms with Gasteiger partial charge in [-0.3, -0.25) is 9.86 Å². The molecule has 2 aromatic carbocycles. The highest BCUT2D eigenvalue weighted by Crippen LogP contribution is 2.38. The van der Waals surface area contributed by atoms with Crippen LogP contribution in [0.1, 0.15) is 40.7 Å². The third-order valence-electron chi connectivity index (χ3n) is 5.85. The van der Waals surface area contributed by atoms with Crippen LogP contribution < -0.4 is 15.2 Å². The molecule has 0 fully saturated rings. The molecule has 0 atom stereocenters. The van der Waals surface area contributed by atoms with Gasteiger partial charge in [-0.1, -0.05) is 12.1 Å². The molecule has 6 nitrogen and oxygen atoms in total. The number of rotatable bonds is 5. The predicted octanol–water partition coefficient (Wildman–Crippen LogP) is 2.85. The van der Waals surface area contributed by atoms with Crippen LogP contribution >= 0.6 is 0 Å². The molecule has 0 aliphatic heterocycles. The van der Waals surface area contributed by atoms with E-state index in [2.05, 4.69) is 16.1 Å². The summed E-state index contributed by atoms with van der Waals surface area (Å²) in [6, 6.07) is 5.99. The number of halogens is 1. The van der Waals surface area contributed by atoms with Gasteiger partial charge < -0.3 is 10.2 Å². The lowest BCUT2D eigenvalue weighted by atomic mass is 9.99. The summed E-state index contributed by atoms with van der Waals surface area (Å²) in [4.78, 5) is 14.4. The van der Waals surface area contributed by atoms with E-state index in [4.69, 9.17) is 5.14 Å². The minimum Gasteiger partial charge on any atom is -0.307 e. The van der Waals surface area contributed by atoms with Crippen LogP contribution in [-0.2, 0) is 42.5 Å². The minimum absolute atomic E-state index is 0.177. The molecule has 0 saturated carbocycles. The van der Waals surface area contributed by atoms with Crippen molar-refractivity contribution in [2.24, 2.45) is 5.14 Å². The molecule has 2 aromatic rings. The maximum atomic E-state index is 14.6. The number of nitrogens with zero attached hydrogens (tertiary/aromatic N) is 1. The molecule has 0 aromatic heterocycles. The molecule has 0 heterocycles. The number of amides is 2. The van der Waals surface area contributed by atoms with Gasteiger partial charge >= 0.3 is 6.03 Å². The number of hydrogen-bond donors (Lipinski definition) is 4. The fourth-order valence-corrected chi connectivity index (χ4v) is 5.76. The van der Waals surface area contributed by atoms with E-state index in [1.807, 2.05) is 19.0 Å². The van der Waals surface area contributed by atoms with Gasteiger partial charge in [0.1, 0.15) is 5.82 Å². The van der Waals surface area contributed by atoms with Crippen molar-refractivity contribution in [1.82, 2.24) is 9.62 Å². The first kappa shape index (κ1) is 21.0. The number of carbonyl (C=O) groups excluding carboxylic acids is 1. The smallest absolute Gasteiger partial charge is 0.307 e. The number of nitrogens with one attached hydrogen (secondary N) is 2. The molecule has 2 aliphatic carbocycles. The molecule has 8 heteroatoms. The summed E-state index contributed by atoms with van der Waals surface area (Å²) >= 11 is 0. The van der Waals surface area contributed by atoms with Crippen molar-refractivity contribution in [3.63, 3.8) is 0 Å². The van der Waals surface area contributed by atoms with Crippen LogP contribution in [0.3, 0.4) is 0 Å². The van der Waals surface area contributed by atoms with Gasteiger partial charge in [-0.05, 0) is 92.6 Å². The summed E-state index contributed by atoms with van der Waals surface area (Å²) in [7, 11) is -0.165. The molecule has 162 valence electrons. The van der Waals surface area contributed by atoms with Crippen LogP contribution in [0, 0.1) is 5.82 Å². The van der Waals surface area contributed by atoms with Crippen LogP contribution in [0.5, 0.6) is 0 Å². The van der Waals surface area contributed by atoms with E-state index in [0.717, 1.165) is 60.9 Å². The van der Waals surface area contributed by atoms with Gasteiger partial charge in [0.25, 0.3) is 0 Å². The summed E-state index contributed by atoms with van der Waals surface area (Å²) in [5.41, 5.74) is 6.46. The van der Waals surface area contributed by atoms with Gasteiger partial charge in [0.2, 0.25) is 0 Å². The second kappa shape index (κ2) is 8.09. The first-order valence-corrected chi connectivity index (χ1v) is 12.1. The predicted molar refractivity (Wildman–Crippen MR) is 118 cm³/mol. The van der Waals surface area contributed by atoms with Crippen LogP contribution in [0.15, 0.2) is 29.2 Å². The van der Waals surface area contributed by atoms with Gasteiger partial charge in [-0.15, -0.1) is 0 Å². The van der Waals surface area contributed by atoms with E-state index in [-0.39, 0.29) is 4.90 Å². The Morgan fingerprint density at radius 2 is 1.73 bits per heavy atom. The van der Waals surface area contributed by atoms with Crippen molar-refractivity contribution >= 4 is 22.0 Å². The van der Waals surface area contributed by atoms with Gasteiger partial charge in [-0.25, -0.2) is 13.4 Å². The number of urea groups is 1. The van der Waals surface area contributed by atoms with Gasteiger partial charge in [0.05, 0.1) is 4.90 Å². The van der Waals surface area contributed by atoms with Crippen LogP contribution in [0.2, 0.25) is 0 Å². The number of aryl methyl sites for hydroxylation is 2. The highest BCUT2D eigenvalue weighted by atomic mass is 32.3. The molecule has 4 N–H and O–H groups in total. The summed E-state index contributed by atoms with van der Waals surface area (Å²) in [5, 5.41) is 8.80. The van der Waals surface area contributed by atoms with Gasteiger partial charge in [-0.2, -0.15) is 0 Å². The zero-order chi connectivity index (χ0) is 21.5. The van der Waals surface area contributed by atoms with Crippen molar-refractivity contribution in [3.05, 3.63) is 57.9 Å². The number of anilines is 1. The van der Waals surface area contributed by atoms with Crippen molar-refractivity contribution in [2.75, 3.05) is 19.4 Å². The zero-order valence-electron chi connectivity index (χ0n) is 17.4. The Kier molecular flexibility index (Phi) is 5.65. The van der Waals surface area contributed by atoms with E-state index < -0.39 is 22.2 Å². The van der Waals surface area contributed by atoms with Crippen molar-refractivity contribution in [2.45, 2.75) is 50.0 Å². The minimum atomic E-state index is -3.92. The Morgan fingerprint density at radius 1 is 1.10 bits per heavy atom. The first-order chi connectivity index (χ1) is 14.2. The molecule has 0 spiro atoms. The van der Waals surface area contributed by atoms with E-state index >= 15 is 0 Å². The lowest BCUT2D eigenvalue weighted by Gasteiger charge is -2.23. The number of thiol groups is 1. The average Bonchev–Trinajstić information content (AvgIpc) is 3.29. The monoisotopic (exact) mass is 432 g/mol. The van der Waals surface area contributed by atoms with Crippen LogP contribution in [-0.4, -0.2) is 29.2 Å². The largest absolute Gasteiger partial charge is 0.330 e. The molecule has 2 amide bonds. The molecule has 2 aliphatic rings. The maximum Gasteiger partial charge on any atom is 0.330 e. The normalized spacial score (nSPS) is 15.8. The first-order valence-electron chi connectivity index (χ1n) is 10.3. The van der Waals surface area contributed by atoms with Gasteiger partial charge in [0, 0.05) is 22.5 Å². The lowest BCUT2D eigenvalue weighted by molar-refractivity contribution is 0.256. The maximum absolute atomic E-state index is 14.6.